The highest BCUT2D eigenvalue weighted by molar-refractivity contribution is 5.94. The maximum absolute atomic E-state index is 12.3. The number of amides is 1. The first-order chi connectivity index (χ1) is 12.6. The molecule has 0 aliphatic heterocycles. The minimum Gasteiger partial charge on any atom is -0.341 e. The molecule has 1 fully saturated rings. The SMILES string of the molecule is Cc1ccc(C(=O)N[C@@H](C)c2nc(-c3ccnc(C4CC4)c3)no2)cc1. The fraction of sp³-hybridized carbons (Fsp3) is 0.300. The summed E-state index contributed by atoms with van der Waals surface area (Å²) in [6.45, 7) is 3.81. The predicted molar refractivity (Wildman–Crippen MR) is 96.6 cm³/mol. The van der Waals surface area contributed by atoms with Gasteiger partial charge in [0, 0.05) is 28.9 Å². The molecule has 1 N–H and O–H groups in total. The molecule has 2 heterocycles. The van der Waals surface area contributed by atoms with Gasteiger partial charge in [-0.15, -0.1) is 0 Å². The van der Waals surface area contributed by atoms with E-state index < -0.39 is 0 Å². The third-order valence-corrected chi connectivity index (χ3v) is 4.51. The Morgan fingerprint density at radius 2 is 2.00 bits per heavy atom. The molecule has 0 saturated heterocycles. The Hall–Kier alpha value is -3.02. The third kappa shape index (κ3) is 3.49. The average Bonchev–Trinajstić information content (AvgIpc) is 3.38. The van der Waals surface area contributed by atoms with Crippen molar-refractivity contribution in [3.8, 4) is 11.4 Å². The van der Waals surface area contributed by atoms with Gasteiger partial charge >= 0.3 is 0 Å². The molecule has 1 atom stereocenters. The van der Waals surface area contributed by atoms with Crippen molar-refractivity contribution in [2.24, 2.45) is 0 Å². The van der Waals surface area contributed by atoms with Gasteiger partial charge < -0.3 is 9.84 Å². The molecule has 1 aliphatic carbocycles. The highest BCUT2D eigenvalue weighted by Gasteiger charge is 2.25. The van der Waals surface area contributed by atoms with E-state index in [1.807, 2.05) is 38.1 Å². The van der Waals surface area contributed by atoms with Gasteiger partial charge in [0.05, 0.1) is 0 Å². The number of benzene rings is 1. The topological polar surface area (TPSA) is 80.9 Å². The summed E-state index contributed by atoms with van der Waals surface area (Å²) >= 11 is 0. The maximum Gasteiger partial charge on any atom is 0.251 e. The zero-order valence-electron chi connectivity index (χ0n) is 14.8. The number of nitrogens with one attached hydrogen (secondary N) is 1. The number of hydrogen-bond acceptors (Lipinski definition) is 5. The van der Waals surface area contributed by atoms with Gasteiger partial charge in [-0.2, -0.15) is 4.98 Å². The van der Waals surface area contributed by atoms with Crippen LogP contribution in [-0.2, 0) is 0 Å². The molecule has 3 aromatic rings. The van der Waals surface area contributed by atoms with Gasteiger partial charge in [0.25, 0.3) is 5.91 Å². The van der Waals surface area contributed by atoms with Crippen LogP contribution in [0, 0.1) is 6.92 Å². The van der Waals surface area contributed by atoms with Gasteiger partial charge in [0.1, 0.15) is 6.04 Å². The Bertz CT molecular complexity index is 929. The summed E-state index contributed by atoms with van der Waals surface area (Å²) in [5.41, 5.74) is 3.67. The van der Waals surface area contributed by atoms with Gasteiger partial charge in [0.2, 0.25) is 11.7 Å². The van der Waals surface area contributed by atoms with Crippen molar-refractivity contribution in [1.82, 2.24) is 20.4 Å². The molecule has 26 heavy (non-hydrogen) atoms. The van der Waals surface area contributed by atoms with Crippen molar-refractivity contribution >= 4 is 5.91 Å². The summed E-state index contributed by atoms with van der Waals surface area (Å²) in [6.07, 6.45) is 4.16. The fourth-order valence-electron chi connectivity index (χ4n) is 2.76. The predicted octanol–water partition coefficient (Wildman–Crippen LogP) is 3.81. The molecule has 2 aromatic heterocycles. The number of rotatable bonds is 5. The van der Waals surface area contributed by atoms with E-state index in [4.69, 9.17) is 4.52 Å². The minimum atomic E-state index is -0.380. The Labute approximate surface area is 151 Å². The molecule has 6 heteroatoms. The quantitative estimate of drug-likeness (QED) is 0.758. The molecule has 0 bridgehead atoms. The van der Waals surface area contributed by atoms with Gasteiger partial charge in [0.15, 0.2) is 0 Å². The molecule has 0 unspecified atom stereocenters. The van der Waals surface area contributed by atoms with Crippen molar-refractivity contribution in [3.63, 3.8) is 0 Å². The van der Waals surface area contributed by atoms with E-state index in [9.17, 15) is 4.79 Å². The third-order valence-electron chi connectivity index (χ3n) is 4.51. The molecule has 132 valence electrons. The van der Waals surface area contributed by atoms with E-state index in [2.05, 4.69) is 20.4 Å². The standard InChI is InChI=1S/C20H20N4O2/c1-12-3-5-15(6-4-12)19(25)22-13(2)20-23-18(24-26-20)16-9-10-21-17(11-16)14-7-8-14/h3-6,9-11,13-14H,7-8H2,1-2H3,(H,22,25)/t13-/m0/s1. The van der Waals surface area contributed by atoms with Crippen LogP contribution in [0.1, 0.15) is 59.2 Å². The van der Waals surface area contributed by atoms with E-state index in [-0.39, 0.29) is 11.9 Å². The van der Waals surface area contributed by atoms with E-state index in [1.165, 1.54) is 12.8 Å². The molecular formula is C20H20N4O2. The number of nitrogens with zero attached hydrogens (tertiary/aromatic N) is 3. The molecule has 1 aromatic carbocycles. The number of carbonyl (C=O) groups excluding carboxylic acids is 1. The number of hydrogen-bond donors (Lipinski definition) is 1. The van der Waals surface area contributed by atoms with Gasteiger partial charge in [-0.25, -0.2) is 0 Å². The summed E-state index contributed by atoms with van der Waals surface area (Å²) in [4.78, 5) is 21.2. The Morgan fingerprint density at radius 3 is 2.73 bits per heavy atom. The van der Waals surface area contributed by atoms with Crippen molar-refractivity contribution in [1.29, 1.82) is 0 Å². The highest BCUT2D eigenvalue weighted by Crippen LogP contribution is 2.39. The lowest BCUT2D eigenvalue weighted by molar-refractivity contribution is 0.0932. The molecule has 1 saturated carbocycles. The zero-order chi connectivity index (χ0) is 18.1. The van der Waals surface area contributed by atoms with Gasteiger partial charge in [-0.1, -0.05) is 22.9 Å². The number of pyridine rings is 1. The highest BCUT2D eigenvalue weighted by atomic mass is 16.5. The number of aromatic nitrogens is 3. The summed E-state index contributed by atoms with van der Waals surface area (Å²) in [7, 11) is 0. The van der Waals surface area contributed by atoms with E-state index in [0.717, 1.165) is 16.8 Å². The molecule has 0 spiro atoms. The van der Waals surface area contributed by atoms with Crippen molar-refractivity contribution in [3.05, 3.63) is 65.3 Å². The lowest BCUT2D eigenvalue weighted by atomic mass is 10.1. The Morgan fingerprint density at radius 1 is 1.23 bits per heavy atom. The van der Waals surface area contributed by atoms with Crippen LogP contribution in [0.3, 0.4) is 0 Å². The van der Waals surface area contributed by atoms with E-state index >= 15 is 0 Å². The average molecular weight is 348 g/mol. The van der Waals surface area contributed by atoms with Gasteiger partial charge in [-0.05, 0) is 51.0 Å². The van der Waals surface area contributed by atoms with Crippen LogP contribution in [0.4, 0.5) is 0 Å². The second-order valence-corrected chi connectivity index (χ2v) is 6.76. The zero-order valence-corrected chi connectivity index (χ0v) is 14.8. The molecule has 0 radical (unpaired) electrons. The van der Waals surface area contributed by atoms with Crippen LogP contribution in [-0.4, -0.2) is 21.0 Å². The largest absolute Gasteiger partial charge is 0.341 e. The summed E-state index contributed by atoms with van der Waals surface area (Å²) in [6, 6.07) is 10.9. The van der Waals surface area contributed by atoms with Crippen LogP contribution in [0.15, 0.2) is 47.1 Å². The van der Waals surface area contributed by atoms with Gasteiger partial charge in [-0.3, -0.25) is 9.78 Å². The Kier molecular flexibility index (Phi) is 4.24. The van der Waals surface area contributed by atoms with Crippen molar-refractivity contribution in [2.45, 2.75) is 38.6 Å². The summed E-state index contributed by atoms with van der Waals surface area (Å²) in [5, 5.41) is 6.94. The molecule has 4 rings (SSSR count). The normalized spacial score (nSPS) is 14.8. The van der Waals surface area contributed by atoms with Crippen molar-refractivity contribution < 1.29 is 9.32 Å². The number of carbonyl (C=O) groups is 1. The van der Waals surface area contributed by atoms with Crippen molar-refractivity contribution in [2.75, 3.05) is 0 Å². The maximum atomic E-state index is 12.3. The van der Waals surface area contributed by atoms with E-state index in [0.29, 0.717) is 23.2 Å². The lowest BCUT2D eigenvalue weighted by Crippen LogP contribution is -2.26. The first-order valence-corrected chi connectivity index (χ1v) is 8.77. The summed E-state index contributed by atoms with van der Waals surface area (Å²) in [5.74, 6) is 1.29. The molecule has 1 amide bonds. The second-order valence-electron chi connectivity index (χ2n) is 6.76. The van der Waals surface area contributed by atoms with Crippen LogP contribution in [0.25, 0.3) is 11.4 Å². The smallest absolute Gasteiger partial charge is 0.251 e. The first-order valence-electron chi connectivity index (χ1n) is 8.77. The lowest BCUT2D eigenvalue weighted by Gasteiger charge is -2.09. The molecule has 6 nitrogen and oxygen atoms in total. The Balaban J connectivity index is 1.47. The van der Waals surface area contributed by atoms with Crippen LogP contribution in [0.2, 0.25) is 0 Å². The van der Waals surface area contributed by atoms with Crippen LogP contribution in [0.5, 0.6) is 0 Å². The molecule has 1 aliphatic rings. The second kappa shape index (κ2) is 6.71. The van der Waals surface area contributed by atoms with E-state index in [1.54, 1.807) is 18.3 Å². The number of aryl methyl sites for hydroxylation is 1. The minimum absolute atomic E-state index is 0.169. The first kappa shape index (κ1) is 16.4. The van der Waals surface area contributed by atoms with Crippen LogP contribution < -0.4 is 5.32 Å². The molecular weight excluding hydrogens is 328 g/mol. The fourth-order valence-corrected chi connectivity index (χ4v) is 2.76. The monoisotopic (exact) mass is 348 g/mol. The summed E-state index contributed by atoms with van der Waals surface area (Å²) < 4.78 is 5.36. The van der Waals surface area contributed by atoms with Crippen LogP contribution >= 0.6 is 0 Å².